The zero-order chi connectivity index (χ0) is 21.5. The Morgan fingerprint density at radius 2 is 1.90 bits per heavy atom. The molecule has 6 nitrogen and oxygen atoms in total. The number of aromatic nitrogens is 2. The summed E-state index contributed by atoms with van der Waals surface area (Å²) in [6.45, 7) is 7.14. The molecule has 31 heavy (non-hydrogen) atoms. The van der Waals surface area contributed by atoms with Crippen LogP contribution in [0.3, 0.4) is 0 Å². The molecular weight excluding hydrogens is 390 g/mol. The van der Waals surface area contributed by atoms with Crippen LogP contribution in [0, 0.1) is 23.2 Å². The van der Waals surface area contributed by atoms with Gasteiger partial charge in [-0.15, -0.1) is 0 Å². The molecule has 3 fully saturated rings. The summed E-state index contributed by atoms with van der Waals surface area (Å²) in [4.78, 5) is 19.0. The van der Waals surface area contributed by atoms with Crippen LogP contribution < -0.4 is 0 Å². The van der Waals surface area contributed by atoms with Gasteiger partial charge in [-0.3, -0.25) is 0 Å². The first kappa shape index (κ1) is 19.4. The number of hydrogen-bond acceptors (Lipinski definition) is 4. The van der Waals surface area contributed by atoms with Gasteiger partial charge in [-0.25, -0.2) is 9.78 Å². The lowest BCUT2D eigenvalue weighted by Crippen LogP contribution is -2.65. The Balaban J connectivity index is 1.25. The standard InChI is InChI=1S/C25H31N3O3/c1-24(2,3)31-23(30)27-12-15-8-9-16(13-27)25(15)10-19(22(25)29)21-18-7-5-4-6-17(18)20-11-26-14-28(20)21/h4-7,11,14-16,19,21-22,29H,8-10,12-13H2,1-3H3/t15?,16?,19-,21+,22+,25?/m0/s1. The molecule has 0 radical (unpaired) electrons. The summed E-state index contributed by atoms with van der Waals surface area (Å²) < 4.78 is 7.89. The molecule has 1 N–H and O–H groups in total. The maximum absolute atomic E-state index is 12.7. The summed E-state index contributed by atoms with van der Waals surface area (Å²) in [6, 6.07) is 8.67. The minimum atomic E-state index is -0.481. The van der Waals surface area contributed by atoms with Gasteiger partial charge in [0.15, 0.2) is 0 Å². The number of likely N-dealkylation sites (tertiary alicyclic amines) is 1. The lowest BCUT2D eigenvalue weighted by Gasteiger charge is -2.61. The highest BCUT2D eigenvalue weighted by Gasteiger charge is 2.67. The summed E-state index contributed by atoms with van der Waals surface area (Å²) in [5.74, 6) is 0.889. The lowest BCUT2D eigenvalue weighted by atomic mass is 9.48. The van der Waals surface area contributed by atoms with E-state index >= 15 is 0 Å². The molecule has 1 amide bonds. The SMILES string of the molecule is CC(C)(C)OC(=O)N1CC2CCC(C1)C21C[C@@H]([C@H]2c3ccccc3-c3cncn32)[C@H]1O. The van der Waals surface area contributed by atoms with Crippen LogP contribution >= 0.6 is 0 Å². The van der Waals surface area contributed by atoms with E-state index < -0.39 is 5.60 Å². The predicted molar refractivity (Wildman–Crippen MR) is 116 cm³/mol. The van der Waals surface area contributed by atoms with Gasteiger partial charge in [0.25, 0.3) is 0 Å². The molecule has 6 rings (SSSR count). The molecule has 3 heterocycles. The van der Waals surface area contributed by atoms with Crippen LogP contribution in [0.4, 0.5) is 4.79 Å². The third kappa shape index (κ3) is 2.60. The summed E-state index contributed by atoms with van der Waals surface area (Å²) in [7, 11) is 0. The summed E-state index contributed by atoms with van der Waals surface area (Å²) in [5.41, 5.74) is 3.15. The lowest BCUT2D eigenvalue weighted by molar-refractivity contribution is -0.194. The number of aliphatic hydroxyl groups excluding tert-OH is 1. The minimum Gasteiger partial charge on any atom is -0.444 e. The van der Waals surface area contributed by atoms with Crippen molar-refractivity contribution < 1.29 is 14.6 Å². The van der Waals surface area contributed by atoms with E-state index in [1.165, 1.54) is 11.1 Å². The first-order chi connectivity index (χ1) is 14.8. The first-order valence-electron chi connectivity index (χ1n) is 11.6. The molecule has 1 aromatic heterocycles. The van der Waals surface area contributed by atoms with Crippen molar-refractivity contribution in [2.24, 2.45) is 23.2 Å². The van der Waals surface area contributed by atoms with Crippen molar-refractivity contribution >= 4 is 6.09 Å². The maximum Gasteiger partial charge on any atom is 0.410 e. The van der Waals surface area contributed by atoms with Crippen molar-refractivity contribution in [3.05, 3.63) is 42.4 Å². The van der Waals surface area contributed by atoms with E-state index in [1.807, 2.05) is 38.2 Å². The average Bonchev–Trinajstić information content (AvgIpc) is 3.35. The Labute approximate surface area is 183 Å². The van der Waals surface area contributed by atoms with Gasteiger partial charge in [-0.1, -0.05) is 24.3 Å². The van der Waals surface area contributed by atoms with Crippen molar-refractivity contribution in [1.29, 1.82) is 0 Å². The van der Waals surface area contributed by atoms with Crippen LogP contribution in [0.2, 0.25) is 0 Å². The van der Waals surface area contributed by atoms with E-state index in [0.29, 0.717) is 24.9 Å². The molecule has 1 aromatic carbocycles. The largest absolute Gasteiger partial charge is 0.444 e. The Bertz CT molecular complexity index is 1020. The molecule has 2 aliphatic carbocycles. The fourth-order valence-corrected chi connectivity index (χ4v) is 7.17. The fraction of sp³-hybridized carbons (Fsp3) is 0.600. The number of fused-ring (bicyclic) bond motifs is 3. The van der Waals surface area contributed by atoms with E-state index in [-0.39, 0.29) is 29.6 Å². The molecule has 4 aliphatic rings. The molecule has 2 aromatic rings. The zero-order valence-electron chi connectivity index (χ0n) is 18.5. The van der Waals surface area contributed by atoms with E-state index in [1.54, 1.807) is 0 Å². The van der Waals surface area contributed by atoms with Crippen LogP contribution in [0.1, 0.15) is 51.6 Å². The third-order valence-corrected chi connectivity index (χ3v) is 8.39. The van der Waals surface area contributed by atoms with Crippen molar-refractivity contribution in [2.45, 2.75) is 57.8 Å². The smallest absolute Gasteiger partial charge is 0.410 e. The number of aliphatic hydroxyl groups is 1. The Kier molecular flexibility index (Phi) is 3.96. The van der Waals surface area contributed by atoms with Gasteiger partial charge in [-0.05, 0) is 57.4 Å². The molecule has 2 saturated carbocycles. The number of rotatable bonds is 1. The average molecular weight is 422 g/mol. The van der Waals surface area contributed by atoms with E-state index in [4.69, 9.17) is 4.74 Å². The maximum atomic E-state index is 12.7. The van der Waals surface area contributed by atoms with E-state index in [0.717, 1.165) is 25.0 Å². The van der Waals surface area contributed by atoms with Crippen LogP contribution in [-0.4, -0.2) is 50.4 Å². The second-order valence-corrected chi connectivity index (χ2v) is 11.0. The molecule has 1 saturated heterocycles. The molecule has 6 heteroatoms. The summed E-state index contributed by atoms with van der Waals surface area (Å²) in [5, 5.41) is 11.7. The molecular formula is C25H31N3O3. The number of amides is 1. The number of piperidine rings is 1. The van der Waals surface area contributed by atoms with Crippen LogP contribution in [0.5, 0.6) is 0 Å². The van der Waals surface area contributed by atoms with Gasteiger partial charge >= 0.3 is 6.09 Å². The Morgan fingerprint density at radius 1 is 1.19 bits per heavy atom. The molecule has 2 aliphatic heterocycles. The van der Waals surface area contributed by atoms with Crippen LogP contribution in [0.25, 0.3) is 11.3 Å². The normalized spacial score (nSPS) is 35.6. The zero-order valence-corrected chi connectivity index (χ0v) is 18.5. The van der Waals surface area contributed by atoms with Crippen molar-refractivity contribution in [3.8, 4) is 11.3 Å². The second kappa shape index (κ2) is 6.35. The van der Waals surface area contributed by atoms with Gasteiger partial charge in [-0.2, -0.15) is 0 Å². The number of hydrogen-bond donors (Lipinski definition) is 1. The van der Waals surface area contributed by atoms with Gasteiger partial charge in [0.05, 0.1) is 30.4 Å². The van der Waals surface area contributed by atoms with Crippen LogP contribution in [-0.2, 0) is 4.74 Å². The van der Waals surface area contributed by atoms with Crippen molar-refractivity contribution in [2.75, 3.05) is 13.1 Å². The van der Waals surface area contributed by atoms with Crippen LogP contribution in [0.15, 0.2) is 36.8 Å². The van der Waals surface area contributed by atoms with Gasteiger partial charge in [0, 0.05) is 30.0 Å². The number of carbonyl (C=O) groups is 1. The Hall–Kier alpha value is -2.34. The molecule has 164 valence electrons. The third-order valence-electron chi connectivity index (χ3n) is 8.39. The van der Waals surface area contributed by atoms with E-state index in [9.17, 15) is 9.90 Å². The molecule has 2 bridgehead atoms. The first-order valence-corrected chi connectivity index (χ1v) is 11.6. The fourth-order valence-electron chi connectivity index (χ4n) is 7.17. The van der Waals surface area contributed by atoms with Gasteiger partial charge < -0.3 is 19.3 Å². The summed E-state index contributed by atoms with van der Waals surface area (Å²) in [6.07, 6.45) is 6.48. The van der Waals surface area contributed by atoms with E-state index in [2.05, 4.69) is 33.8 Å². The van der Waals surface area contributed by atoms with Gasteiger partial charge in [0.2, 0.25) is 0 Å². The monoisotopic (exact) mass is 421 g/mol. The van der Waals surface area contributed by atoms with Gasteiger partial charge in [0.1, 0.15) is 5.60 Å². The summed E-state index contributed by atoms with van der Waals surface area (Å²) >= 11 is 0. The predicted octanol–water partition coefficient (Wildman–Crippen LogP) is 4.10. The molecule has 2 unspecified atom stereocenters. The van der Waals surface area contributed by atoms with Crippen molar-refractivity contribution in [3.63, 3.8) is 0 Å². The number of nitrogens with zero attached hydrogens (tertiary/aromatic N) is 3. The highest BCUT2D eigenvalue weighted by Crippen LogP contribution is 2.67. The Morgan fingerprint density at radius 3 is 2.58 bits per heavy atom. The highest BCUT2D eigenvalue weighted by atomic mass is 16.6. The quantitative estimate of drug-likeness (QED) is 0.753. The number of carbonyl (C=O) groups excluding carboxylic acids is 1. The topological polar surface area (TPSA) is 67.6 Å². The second-order valence-electron chi connectivity index (χ2n) is 11.0. The van der Waals surface area contributed by atoms with Crippen molar-refractivity contribution in [1.82, 2.24) is 14.5 Å². The highest BCUT2D eigenvalue weighted by molar-refractivity contribution is 5.70. The minimum absolute atomic E-state index is 0.0541. The molecule has 1 spiro atoms. The number of imidazole rings is 1. The molecule has 5 atom stereocenters. The number of benzene rings is 1. The number of ether oxygens (including phenoxy) is 1.